The zero-order valence-electron chi connectivity index (χ0n) is 27.4. The Morgan fingerprint density at radius 1 is 0.588 bits per heavy atom. The third-order valence-electron chi connectivity index (χ3n) is 10.4. The first-order valence-corrected chi connectivity index (χ1v) is 17.4. The molecule has 0 saturated heterocycles. The Bertz CT molecular complexity index is 2700. The van der Waals surface area contributed by atoms with Crippen molar-refractivity contribution >= 4 is 21.9 Å². The van der Waals surface area contributed by atoms with E-state index in [4.69, 9.17) is 28.8 Å². The van der Waals surface area contributed by atoms with Gasteiger partial charge in [-0.05, 0) is 54.5 Å². The fourth-order valence-electron chi connectivity index (χ4n) is 7.95. The number of hydrogen-bond acceptors (Lipinski definition) is 6. The molecule has 7 aromatic rings. The minimum atomic E-state index is -0.0834. The molecule has 3 unspecified atom stereocenters. The highest BCUT2D eigenvalue weighted by Crippen LogP contribution is 2.49. The Balaban J connectivity index is 0.977. The van der Waals surface area contributed by atoms with Gasteiger partial charge in [0, 0.05) is 56.0 Å². The summed E-state index contributed by atoms with van der Waals surface area (Å²) in [6, 6.07) is 39.0. The molecule has 0 saturated carbocycles. The predicted molar refractivity (Wildman–Crippen MR) is 198 cm³/mol. The molecule has 0 spiro atoms. The van der Waals surface area contributed by atoms with Crippen molar-refractivity contribution in [3.8, 4) is 45.7 Å². The van der Waals surface area contributed by atoms with Crippen LogP contribution in [0.4, 0.5) is 0 Å². The van der Waals surface area contributed by atoms with Crippen molar-refractivity contribution in [1.82, 2.24) is 15.0 Å². The normalized spacial score (nSPS) is 19.7. The lowest BCUT2D eigenvalue weighted by atomic mass is 9.82. The van der Waals surface area contributed by atoms with Gasteiger partial charge in [-0.25, -0.2) is 15.0 Å². The Hall–Kier alpha value is -6.53. The molecule has 0 amide bonds. The van der Waals surface area contributed by atoms with E-state index in [0.29, 0.717) is 17.5 Å². The second-order valence-corrected chi connectivity index (χ2v) is 13.4. The van der Waals surface area contributed by atoms with Crippen molar-refractivity contribution in [2.75, 3.05) is 0 Å². The van der Waals surface area contributed by atoms with Gasteiger partial charge in [0.05, 0.1) is 0 Å². The minimum absolute atomic E-state index is 0.0834. The summed E-state index contributed by atoms with van der Waals surface area (Å²) in [7, 11) is 0. The molecular formula is C45H29N3O3. The maximum Gasteiger partial charge on any atom is 0.164 e. The van der Waals surface area contributed by atoms with Crippen molar-refractivity contribution in [3.05, 3.63) is 174 Å². The van der Waals surface area contributed by atoms with E-state index in [9.17, 15) is 0 Å². The molecule has 2 aliphatic carbocycles. The summed E-state index contributed by atoms with van der Waals surface area (Å²) in [5.74, 6) is 5.00. The quantitative estimate of drug-likeness (QED) is 0.187. The van der Waals surface area contributed by atoms with Gasteiger partial charge in [0.1, 0.15) is 34.5 Å². The zero-order chi connectivity index (χ0) is 33.5. The number of hydrogen-bond donors (Lipinski definition) is 0. The van der Waals surface area contributed by atoms with Crippen LogP contribution in [0.1, 0.15) is 29.4 Å². The Labute approximate surface area is 293 Å². The molecule has 0 fully saturated rings. The minimum Gasteiger partial charge on any atom is -0.485 e. The lowest BCUT2D eigenvalue weighted by molar-refractivity contribution is 0.268. The molecular weight excluding hydrogens is 631 g/mol. The molecule has 0 radical (unpaired) electrons. The van der Waals surface area contributed by atoms with Gasteiger partial charge in [0.25, 0.3) is 0 Å². The first kappa shape index (κ1) is 28.3. The number of rotatable bonds is 4. The molecule has 0 bridgehead atoms. The van der Waals surface area contributed by atoms with E-state index in [1.807, 2.05) is 66.7 Å². The molecule has 4 aliphatic rings. The molecule has 5 aromatic carbocycles. The molecule has 242 valence electrons. The van der Waals surface area contributed by atoms with E-state index >= 15 is 0 Å². The standard InChI is InChI=1S/C45H29N3O3/c1-2-9-26(10-3-1)43-46-44(28-19-22-39-36(24-28)32-12-5-6-15-37(32)49-39)48-45(47-43)29-17-20-33-35-23-27(18-21-40(35)50-41(33)25-29)30-13-8-14-34-31-11-4-7-16-38(31)51-42(30)34/h1-13,15-25,34-35,40H,14H2. The van der Waals surface area contributed by atoms with E-state index in [-0.39, 0.29) is 17.9 Å². The second-order valence-electron chi connectivity index (χ2n) is 13.4. The van der Waals surface area contributed by atoms with Gasteiger partial charge in [-0.1, -0.05) is 103 Å². The molecule has 2 aromatic heterocycles. The topological polar surface area (TPSA) is 70.3 Å². The number of nitrogens with zero attached hydrogens (tertiary/aromatic N) is 3. The maximum absolute atomic E-state index is 6.58. The first-order valence-electron chi connectivity index (χ1n) is 17.4. The van der Waals surface area contributed by atoms with Gasteiger partial charge >= 0.3 is 0 Å². The summed E-state index contributed by atoms with van der Waals surface area (Å²) < 4.78 is 19.1. The van der Waals surface area contributed by atoms with E-state index in [1.165, 1.54) is 5.56 Å². The van der Waals surface area contributed by atoms with Gasteiger partial charge in [-0.15, -0.1) is 0 Å². The number of allylic oxidation sites excluding steroid dienone is 6. The van der Waals surface area contributed by atoms with Crippen molar-refractivity contribution in [3.63, 3.8) is 0 Å². The first-order chi connectivity index (χ1) is 25.2. The van der Waals surface area contributed by atoms with Crippen molar-refractivity contribution in [2.24, 2.45) is 0 Å². The second kappa shape index (κ2) is 11.0. The van der Waals surface area contributed by atoms with Gasteiger partial charge in [-0.2, -0.15) is 0 Å². The highest BCUT2D eigenvalue weighted by atomic mass is 16.5. The largest absolute Gasteiger partial charge is 0.485 e. The number of ether oxygens (including phenoxy) is 2. The third-order valence-corrected chi connectivity index (χ3v) is 10.4. The Morgan fingerprint density at radius 2 is 1.33 bits per heavy atom. The Kier molecular flexibility index (Phi) is 6.10. The molecule has 11 rings (SSSR count). The SMILES string of the molecule is C1=CC(C2=CC3c4ccc(-c5nc(-c6ccccc6)nc(-c6ccc7oc8ccccc8c7c6)n5)cc4OC3C=C2)=C2Oc3ccccc3C2C1. The molecule has 6 heteroatoms. The average molecular weight is 660 g/mol. The van der Waals surface area contributed by atoms with Gasteiger partial charge in [0.2, 0.25) is 0 Å². The highest BCUT2D eigenvalue weighted by molar-refractivity contribution is 6.06. The van der Waals surface area contributed by atoms with Crippen LogP contribution in [-0.2, 0) is 0 Å². The van der Waals surface area contributed by atoms with Crippen LogP contribution in [0.2, 0.25) is 0 Å². The number of benzene rings is 5. The highest BCUT2D eigenvalue weighted by Gasteiger charge is 2.37. The summed E-state index contributed by atoms with van der Waals surface area (Å²) >= 11 is 0. The van der Waals surface area contributed by atoms with Crippen molar-refractivity contribution in [2.45, 2.75) is 24.4 Å². The molecule has 51 heavy (non-hydrogen) atoms. The fourth-order valence-corrected chi connectivity index (χ4v) is 7.95. The molecule has 4 heterocycles. The number of para-hydroxylation sites is 2. The van der Waals surface area contributed by atoms with Crippen LogP contribution in [0.3, 0.4) is 0 Å². The van der Waals surface area contributed by atoms with Crippen LogP contribution >= 0.6 is 0 Å². The van der Waals surface area contributed by atoms with Gasteiger partial charge in [-0.3, -0.25) is 0 Å². The molecule has 0 N–H and O–H groups in total. The average Bonchev–Trinajstić information content (AvgIpc) is 3.88. The summed E-state index contributed by atoms with van der Waals surface area (Å²) in [5.41, 5.74) is 9.11. The van der Waals surface area contributed by atoms with Crippen LogP contribution in [0, 0.1) is 0 Å². The zero-order valence-corrected chi connectivity index (χ0v) is 27.4. The van der Waals surface area contributed by atoms with E-state index in [2.05, 4.69) is 78.9 Å². The number of fused-ring (bicyclic) bond motifs is 9. The van der Waals surface area contributed by atoms with E-state index in [0.717, 1.165) is 79.0 Å². The number of furan rings is 1. The molecule has 3 atom stereocenters. The molecule has 6 nitrogen and oxygen atoms in total. The van der Waals surface area contributed by atoms with Crippen LogP contribution in [0.5, 0.6) is 11.5 Å². The predicted octanol–water partition coefficient (Wildman–Crippen LogP) is 10.5. The summed E-state index contributed by atoms with van der Waals surface area (Å²) in [6.07, 6.45) is 12.0. The maximum atomic E-state index is 6.58. The van der Waals surface area contributed by atoms with Gasteiger partial charge in [0.15, 0.2) is 17.5 Å². The Morgan fingerprint density at radius 3 is 2.24 bits per heavy atom. The summed E-state index contributed by atoms with van der Waals surface area (Å²) in [4.78, 5) is 15.0. The monoisotopic (exact) mass is 659 g/mol. The summed E-state index contributed by atoms with van der Waals surface area (Å²) in [5, 5.41) is 2.09. The lowest BCUT2D eigenvalue weighted by Crippen LogP contribution is -2.18. The smallest absolute Gasteiger partial charge is 0.164 e. The van der Waals surface area contributed by atoms with Gasteiger partial charge < -0.3 is 13.9 Å². The van der Waals surface area contributed by atoms with Crippen LogP contribution in [-0.4, -0.2) is 21.1 Å². The lowest BCUT2D eigenvalue weighted by Gasteiger charge is -2.23. The number of aromatic nitrogens is 3. The van der Waals surface area contributed by atoms with E-state index < -0.39 is 0 Å². The van der Waals surface area contributed by atoms with Crippen LogP contribution in [0.25, 0.3) is 56.1 Å². The summed E-state index contributed by atoms with van der Waals surface area (Å²) in [6.45, 7) is 0. The van der Waals surface area contributed by atoms with Crippen molar-refractivity contribution in [1.29, 1.82) is 0 Å². The third kappa shape index (κ3) is 4.53. The molecule has 2 aliphatic heterocycles. The van der Waals surface area contributed by atoms with Crippen LogP contribution in [0.15, 0.2) is 167 Å². The van der Waals surface area contributed by atoms with Crippen molar-refractivity contribution < 1.29 is 13.9 Å². The van der Waals surface area contributed by atoms with E-state index in [1.54, 1.807) is 0 Å². The van der Waals surface area contributed by atoms with Crippen LogP contribution < -0.4 is 9.47 Å². The fraction of sp³-hybridized carbons (Fsp3) is 0.0889.